The monoisotopic (exact) mass is 333 g/mol. The van der Waals surface area contributed by atoms with Gasteiger partial charge < -0.3 is 10.1 Å². The van der Waals surface area contributed by atoms with Crippen molar-refractivity contribution in [3.05, 3.63) is 27.8 Å². The Balaban J connectivity index is 2.58. The average Bonchev–Trinajstić information content (AvgIpc) is 2.21. The molecule has 0 radical (unpaired) electrons. The maximum absolute atomic E-state index is 5.43. The molecule has 1 aromatic carbocycles. The molecule has 0 fully saturated rings. The first kappa shape index (κ1) is 13.8. The number of benzene rings is 1. The molecule has 1 unspecified atom stereocenters. The van der Waals surface area contributed by atoms with Crippen LogP contribution in [0.25, 0.3) is 0 Å². The van der Waals surface area contributed by atoms with E-state index >= 15 is 0 Å². The van der Waals surface area contributed by atoms with Gasteiger partial charge in [0.25, 0.3) is 0 Å². The van der Waals surface area contributed by atoms with Crippen molar-refractivity contribution in [1.82, 2.24) is 0 Å². The number of hydrogen-bond acceptors (Lipinski definition) is 2. The molecule has 1 N–H and O–H groups in total. The molecule has 0 saturated carbocycles. The van der Waals surface area contributed by atoms with E-state index in [1.165, 1.54) is 9.26 Å². The van der Waals surface area contributed by atoms with E-state index in [0.717, 1.165) is 6.42 Å². The number of methoxy groups -OCH3 is 1. The molecular weight excluding hydrogens is 313 g/mol. The molecule has 0 spiro atoms. The average molecular weight is 333 g/mol. The third-order valence-electron chi connectivity index (χ3n) is 2.63. The summed E-state index contributed by atoms with van der Waals surface area (Å²) in [5, 5.41) is 3.51. The predicted molar refractivity (Wildman–Crippen MR) is 77.9 cm³/mol. The zero-order chi connectivity index (χ0) is 12.2. The molecule has 16 heavy (non-hydrogen) atoms. The van der Waals surface area contributed by atoms with Crippen LogP contribution in [0.1, 0.15) is 27.2 Å². The maximum Gasteiger partial charge on any atom is 0.0642 e. The van der Waals surface area contributed by atoms with Crippen molar-refractivity contribution >= 4 is 28.3 Å². The summed E-state index contributed by atoms with van der Waals surface area (Å²) in [7, 11) is 1.76. The van der Waals surface area contributed by atoms with Gasteiger partial charge in [0.1, 0.15) is 0 Å². The van der Waals surface area contributed by atoms with Crippen molar-refractivity contribution < 1.29 is 4.74 Å². The Morgan fingerprint density at radius 3 is 2.56 bits per heavy atom. The van der Waals surface area contributed by atoms with Crippen LogP contribution in [-0.2, 0) is 4.74 Å². The van der Waals surface area contributed by atoms with E-state index in [-0.39, 0.29) is 5.60 Å². The molecule has 0 bridgehead atoms. The summed E-state index contributed by atoms with van der Waals surface area (Å²) in [6.07, 6.45) is 0.981. The number of rotatable bonds is 5. The first-order chi connectivity index (χ1) is 7.44. The smallest absolute Gasteiger partial charge is 0.0642 e. The zero-order valence-corrected chi connectivity index (χ0v) is 12.5. The number of ether oxygens (including phenoxy) is 1. The summed E-state index contributed by atoms with van der Waals surface area (Å²) in [6.45, 7) is 6.41. The minimum atomic E-state index is -0.0768. The lowest BCUT2D eigenvalue weighted by molar-refractivity contribution is 0.0128. The van der Waals surface area contributed by atoms with Crippen LogP contribution in [0.15, 0.2) is 24.3 Å². The Labute approximate surface area is 112 Å². The third-order valence-corrected chi connectivity index (χ3v) is 3.57. The molecule has 0 aliphatic heterocycles. The molecule has 1 atom stereocenters. The van der Waals surface area contributed by atoms with Gasteiger partial charge in [0.05, 0.1) is 5.60 Å². The van der Waals surface area contributed by atoms with E-state index in [9.17, 15) is 0 Å². The first-order valence-corrected chi connectivity index (χ1v) is 6.59. The lowest BCUT2D eigenvalue weighted by atomic mass is 10.00. The summed E-state index contributed by atoms with van der Waals surface area (Å²) in [5.41, 5.74) is 1.12. The van der Waals surface area contributed by atoms with E-state index in [4.69, 9.17) is 4.74 Å². The van der Waals surface area contributed by atoms with Crippen LogP contribution in [0.2, 0.25) is 0 Å². The normalized spacial score (nSPS) is 13.6. The van der Waals surface area contributed by atoms with Gasteiger partial charge in [-0.3, -0.25) is 0 Å². The molecule has 0 aromatic heterocycles. The number of para-hydroxylation sites is 1. The number of halogens is 1. The second kappa shape index (κ2) is 5.87. The standard InChI is InChI=1S/C13H20INO/c1-10(9-13(2,3)16-4)15-12-8-6-5-7-11(12)14/h5-8,10,15H,9H2,1-4H3. The van der Waals surface area contributed by atoms with Gasteiger partial charge in [0, 0.05) is 22.4 Å². The SMILES string of the molecule is COC(C)(C)CC(C)Nc1ccccc1I. The molecule has 0 heterocycles. The topological polar surface area (TPSA) is 21.3 Å². The first-order valence-electron chi connectivity index (χ1n) is 5.51. The van der Waals surface area contributed by atoms with Crippen molar-refractivity contribution in [2.75, 3.05) is 12.4 Å². The second-order valence-corrected chi connectivity index (χ2v) is 5.86. The lowest BCUT2D eigenvalue weighted by Crippen LogP contribution is -2.31. The molecular formula is C13H20INO. The highest BCUT2D eigenvalue weighted by Gasteiger charge is 2.20. The number of hydrogen-bond donors (Lipinski definition) is 1. The summed E-state index contributed by atoms with van der Waals surface area (Å²) >= 11 is 2.35. The van der Waals surface area contributed by atoms with E-state index < -0.39 is 0 Å². The number of anilines is 1. The van der Waals surface area contributed by atoms with Crippen LogP contribution in [0.3, 0.4) is 0 Å². The Bertz CT molecular complexity index is 338. The molecule has 0 saturated heterocycles. The van der Waals surface area contributed by atoms with Gasteiger partial charge in [-0.2, -0.15) is 0 Å². The highest BCUT2D eigenvalue weighted by Crippen LogP contribution is 2.21. The van der Waals surface area contributed by atoms with E-state index in [2.05, 4.69) is 72.9 Å². The van der Waals surface area contributed by atoms with Crippen LogP contribution >= 0.6 is 22.6 Å². The minimum Gasteiger partial charge on any atom is -0.382 e. The van der Waals surface area contributed by atoms with Crippen molar-refractivity contribution in [3.63, 3.8) is 0 Å². The Kier molecular flexibility index (Phi) is 5.05. The van der Waals surface area contributed by atoms with Gasteiger partial charge in [0.2, 0.25) is 0 Å². The fourth-order valence-electron chi connectivity index (χ4n) is 1.72. The quantitative estimate of drug-likeness (QED) is 0.825. The van der Waals surface area contributed by atoms with Crippen molar-refractivity contribution in [2.45, 2.75) is 38.8 Å². The maximum atomic E-state index is 5.43. The van der Waals surface area contributed by atoms with Crippen LogP contribution in [0.4, 0.5) is 5.69 Å². The van der Waals surface area contributed by atoms with E-state index in [1.54, 1.807) is 7.11 Å². The van der Waals surface area contributed by atoms with E-state index in [1.807, 2.05) is 0 Å². The van der Waals surface area contributed by atoms with Crippen LogP contribution in [-0.4, -0.2) is 18.8 Å². The lowest BCUT2D eigenvalue weighted by Gasteiger charge is -2.27. The molecule has 2 nitrogen and oxygen atoms in total. The molecule has 1 rings (SSSR count). The summed E-state index contributed by atoms with van der Waals surface area (Å²) in [4.78, 5) is 0. The fourth-order valence-corrected chi connectivity index (χ4v) is 2.26. The highest BCUT2D eigenvalue weighted by atomic mass is 127. The minimum absolute atomic E-state index is 0.0768. The Morgan fingerprint density at radius 2 is 2.00 bits per heavy atom. The summed E-state index contributed by atoms with van der Waals surface area (Å²) in [6, 6.07) is 8.72. The van der Waals surface area contributed by atoms with E-state index in [0.29, 0.717) is 6.04 Å². The summed E-state index contributed by atoms with van der Waals surface area (Å²) in [5.74, 6) is 0. The van der Waals surface area contributed by atoms with Gasteiger partial charge in [0.15, 0.2) is 0 Å². The molecule has 0 amide bonds. The van der Waals surface area contributed by atoms with Crippen molar-refractivity contribution in [2.24, 2.45) is 0 Å². The van der Waals surface area contributed by atoms with Gasteiger partial charge in [-0.05, 0) is 61.9 Å². The Hall–Kier alpha value is -0.290. The van der Waals surface area contributed by atoms with Gasteiger partial charge in [-0.15, -0.1) is 0 Å². The number of nitrogens with one attached hydrogen (secondary N) is 1. The second-order valence-electron chi connectivity index (χ2n) is 4.69. The van der Waals surface area contributed by atoms with Crippen LogP contribution < -0.4 is 5.32 Å². The molecule has 0 aliphatic rings. The molecule has 0 aliphatic carbocycles. The van der Waals surface area contributed by atoms with Crippen LogP contribution in [0.5, 0.6) is 0 Å². The Morgan fingerprint density at radius 1 is 1.38 bits per heavy atom. The largest absolute Gasteiger partial charge is 0.382 e. The fraction of sp³-hybridized carbons (Fsp3) is 0.538. The van der Waals surface area contributed by atoms with Crippen molar-refractivity contribution in [1.29, 1.82) is 0 Å². The highest BCUT2D eigenvalue weighted by molar-refractivity contribution is 14.1. The zero-order valence-electron chi connectivity index (χ0n) is 10.4. The summed E-state index contributed by atoms with van der Waals surface area (Å²) < 4.78 is 6.69. The third kappa shape index (κ3) is 4.29. The van der Waals surface area contributed by atoms with Crippen LogP contribution in [0, 0.1) is 3.57 Å². The molecule has 3 heteroatoms. The van der Waals surface area contributed by atoms with Gasteiger partial charge in [-0.25, -0.2) is 0 Å². The van der Waals surface area contributed by atoms with Gasteiger partial charge in [-0.1, -0.05) is 12.1 Å². The molecule has 90 valence electrons. The van der Waals surface area contributed by atoms with Crippen molar-refractivity contribution in [3.8, 4) is 0 Å². The molecule has 1 aromatic rings. The predicted octanol–water partition coefficient (Wildman–Crippen LogP) is 3.91. The van der Waals surface area contributed by atoms with Gasteiger partial charge >= 0.3 is 0 Å².